The average Bonchev–Trinajstić information content (AvgIpc) is 3.00. The molecule has 3 nitrogen and oxygen atoms in total. The molecule has 1 aromatic heterocycles. The van der Waals surface area contributed by atoms with Crippen LogP contribution in [0.2, 0.25) is 0 Å². The predicted molar refractivity (Wildman–Crippen MR) is 86.6 cm³/mol. The number of hydrogen-bond donors (Lipinski definition) is 0. The number of carbonyl (C=O) groups is 1. The van der Waals surface area contributed by atoms with Gasteiger partial charge in [-0.25, -0.2) is 0 Å². The molecule has 0 radical (unpaired) electrons. The van der Waals surface area contributed by atoms with Crippen LogP contribution in [0.5, 0.6) is 5.75 Å². The van der Waals surface area contributed by atoms with E-state index in [1.807, 2.05) is 46.7 Å². The minimum Gasteiger partial charge on any atom is -0.497 e. The molecule has 0 unspecified atom stereocenters. The molecule has 4 heteroatoms. The van der Waals surface area contributed by atoms with Crippen molar-refractivity contribution in [1.82, 2.24) is 4.90 Å². The highest BCUT2D eigenvalue weighted by atomic mass is 32.1. The van der Waals surface area contributed by atoms with E-state index in [9.17, 15) is 4.79 Å². The summed E-state index contributed by atoms with van der Waals surface area (Å²) in [6.45, 7) is 4.92. The number of methoxy groups -OCH3 is 1. The van der Waals surface area contributed by atoms with E-state index in [-0.39, 0.29) is 5.91 Å². The van der Waals surface area contributed by atoms with Gasteiger partial charge >= 0.3 is 0 Å². The van der Waals surface area contributed by atoms with Gasteiger partial charge in [0, 0.05) is 11.4 Å². The zero-order chi connectivity index (χ0) is 15.1. The molecule has 0 aliphatic heterocycles. The summed E-state index contributed by atoms with van der Waals surface area (Å²) in [4.78, 5) is 15.5. The number of amides is 1. The first-order chi connectivity index (χ1) is 10.2. The van der Waals surface area contributed by atoms with E-state index in [2.05, 4.69) is 6.58 Å². The highest BCUT2D eigenvalue weighted by molar-refractivity contribution is 7.09. The summed E-state index contributed by atoms with van der Waals surface area (Å²) in [5.74, 6) is 0.866. The Hall–Kier alpha value is -2.07. The van der Waals surface area contributed by atoms with Crippen LogP contribution in [0.3, 0.4) is 0 Å². The van der Waals surface area contributed by atoms with Crippen molar-refractivity contribution in [2.75, 3.05) is 13.7 Å². The Balaban J connectivity index is 2.05. The number of thiophene rings is 1. The Labute approximate surface area is 129 Å². The Bertz CT molecular complexity index is 593. The lowest BCUT2D eigenvalue weighted by Crippen LogP contribution is -2.31. The topological polar surface area (TPSA) is 29.5 Å². The van der Waals surface area contributed by atoms with Crippen LogP contribution < -0.4 is 4.74 Å². The molecule has 0 bridgehead atoms. The molecule has 0 aliphatic rings. The highest BCUT2D eigenvalue weighted by Crippen LogP contribution is 2.16. The number of hydrogen-bond acceptors (Lipinski definition) is 3. The maximum atomic E-state index is 12.5. The summed E-state index contributed by atoms with van der Waals surface area (Å²) in [5.41, 5.74) is 0.958. The number of rotatable bonds is 7. The van der Waals surface area contributed by atoms with Crippen LogP contribution in [0.1, 0.15) is 10.4 Å². The molecule has 2 rings (SSSR count). The molecular formula is C17H19NO2S. The molecule has 1 aromatic carbocycles. The van der Waals surface area contributed by atoms with Crippen molar-refractivity contribution in [2.45, 2.75) is 13.0 Å². The predicted octanol–water partition coefficient (Wildman–Crippen LogP) is 3.51. The number of carbonyl (C=O) groups excluding carboxylic acids is 1. The first-order valence-electron chi connectivity index (χ1n) is 6.77. The van der Waals surface area contributed by atoms with Gasteiger partial charge in [0.1, 0.15) is 5.75 Å². The van der Waals surface area contributed by atoms with Crippen LogP contribution >= 0.6 is 11.3 Å². The summed E-state index contributed by atoms with van der Waals surface area (Å²) >= 11 is 1.66. The first kappa shape index (κ1) is 15.3. The van der Waals surface area contributed by atoms with Gasteiger partial charge in [-0.15, -0.1) is 17.9 Å². The number of ether oxygens (including phenoxy) is 1. The average molecular weight is 301 g/mol. The smallest absolute Gasteiger partial charge is 0.227 e. The van der Waals surface area contributed by atoms with Crippen molar-refractivity contribution in [1.29, 1.82) is 0 Å². The summed E-state index contributed by atoms with van der Waals surface area (Å²) in [6, 6.07) is 11.7. The highest BCUT2D eigenvalue weighted by Gasteiger charge is 2.14. The summed E-state index contributed by atoms with van der Waals surface area (Å²) < 4.78 is 5.19. The number of nitrogens with zero attached hydrogens (tertiary/aromatic N) is 1. The van der Waals surface area contributed by atoms with Crippen molar-refractivity contribution in [3.8, 4) is 5.75 Å². The molecule has 0 saturated heterocycles. The van der Waals surface area contributed by atoms with Gasteiger partial charge < -0.3 is 9.64 Å². The second-order valence-electron chi connectivity index (χ2n) is 4.67. The number of benzene rings is 1. The lowest BCUT2D eigenvalue weighted by atomic mass is 10.1. The molecular weight excluding hydrogens is 282 g/mol. The third-order valence-corrected chi connectivity index (χ3v) is 3.98. The summed E-state index contributed by atoms with van der Waals surface area (Å²) in [6.07, 6.45) is 2.13. The fourth-order valence-corrected chi connectivity index (χ4v) is 2.79. The normalized spacial score (nSPS) is 10.1. The van der Waals surface area contributed by atoms with E-state index in [1.54, 1.807) is 24.5 Å². The van der Waals surface area contributed by atoms with Crippen LogP contribution in [0.4, 0.5) is 0 Å². The van der Waals surface area contributed by atoms with Gasteiger partial charge in [-0.3, -0.25) is 4.79 Å². The third-order valence-electron chi connectivity index (χ3n) is 3.12. The van der Waals surface area contributed by atoms with Gasteiger partial charge in [0.15, 0.2) is 0 Å². The van der Waals surface area contributed by atoms with Gasteiger partial charge in [-0.05, 0) is 29.1 Å². The Morgan fingerprint density at radius 3 is 2.90 bits per heavy atom. The zero-order valence-corrected chi connectivity index (χ0v) is 12.9. The molecule has 21 heavy (non-hydrogen) atoms. The summed E-state index contributed by atoms with van der Waals surface area (Å²) in [7, 11) is 1.63. The Morgan fingerprint density at radius 2 is 2.24 bits per heavy atom. The SMILES string of the molecule is C=CCN(Cc1cccs1)C(=O)Cc1cccc(OC)c1. The Kier molecular flexibility index (Phi) is 5.58. The Morgan fingerprint density at radius 1 is 1.38 bits per heavy atom. The maximum Gasteiger partial charge on any atom is 0.227 e. The summed E-state index contributed by atoms with van der Waals surface area (Å²) in [5, 5.41) is 2.02. The van der Waals surface area contributed by atoms with E-state index < -0.39 is 0 Å². The van der Waals surface area contributed by atoms with Crippen molar-refractivity contribution >= 4 is 17.2 Å². The van der Waals surface area contributed by atoms with E-state index in [4.69, 9.17) is 4.74 Å². The van der Waals surface area contributed by atoms with Crippen molar-refractivity contribution < 1.29 is 9.53 Å². The molecule has 1 heterocycles. The lowest BCUT2D eigenvalue weighted by molar-refractivity contribution is -0.130. The second-order valence-corrected chi connectivity index (χ2v) is 5.70. The molecule has 110 valence electrons. The van der Waals surface area contributed by atoms with Crippen molar-refractivity contribution in [3.63, 3.8) is 0 Å². The molecule has 0 atom stereocenters. The van der Waals surface area contributed by atoms with Crippen LogP contribution in [-0.4, -0.2) is 24.5 Å². The van der Waals surface area contributed by atoms with Crippen LogP contribution in [0.25, 0.3) is 0 Å². The van der Waals surface area contributed by atoms with E-state index in [0.717, 1.165) is 11.3 Å². The molecule has 0 N–H and O–H groups in total. The first-order valence-corrected chi connectivity index (χ1v) is 7.65. The van der Waals surface area contributed by atoms with Crippen molar-refractivity contribution in [2.24, 2.45) is 0 Å². The van der Waals surface area contributed by atoms with Gasteiger partial charge in [0.05, 0.1) is 20.1 Å². The standard InChI is InChI=1S/C17H19NO2S/c1-3-9-18(13-16-8-5-10-21-16)17(19)12-14-6-4-7-15(11-14)20-2/h3-8,10-11H,1,9,12-13H2,2H3. The molecule has 0 saturated carbocycles. The van der Waals surface area contributed by atoms with E-state index in [0.29, 0.717) is 19.5 Å². The minimum absolute atomic E-state index is 0.0940. The molecule has 0 fully saturated rings. The minimum atomic E-state index is 0.0940. The molecule has 1 amide bonds. The van der Waals surface area contributed by atoms with Gasteiger partial charge in [0.2, 0.25) is 5.91 Å². The van der Waals surface area contributed by atoms with Gasteiger partial charge in [0.25, 0.3) is 0 Å². The lowest BCUT2D eigenvalue weighted by Gasteiger charge is -2.20. The molecule has 2 aromatic rings. The van der Waals surface area contributed by atoms with Gasteiger partial charge in [-0.2, -0.15) is 0 Å². The van der Waals surface area contributed by atoms with Gasteiger partial charge in [-0.1, -0.05) is 24.3 Å². The second kappa shape index (κ2) is 7.64. The fourth-order valence-electron chi connectivity index (χ4n) is 2.07. The zero-order valence-electron chi connectivity index (χ0n) is 12.1. The maximum absolute atomic E-state index is 12.5. The molecule has 0 aliphatic carbocycles. The molecule has 0 spiro atoms. The van der Waals surface area contributed by atoms with E-state index >= 15 is 0 Å². The fraction of sp³-hybridized carbons (Fsp3) is 0.235. The van der Waals surface area contributed by atoms with E-state index in [1.165, 1.54) is 4.88 Å². The largest absolute Gasteiger partial charge is 0.497 e. The van der Waals surface area contributed by atoms with Crippen LogP contribution in [0.15, 0.2) is 54.4 Å². The van der Waals surface area contributed by atoms with Crippen LogP contribution in [-0.2, 0) is 17.8 Å². The monoisotopic (exact) mass is 301 g/mol. The van der Waals surface area contributed by atoms with Crippen molar-refractivity contribution in [3.05, 3.63) is 64.9 Å². The third kappa shape index (κ3) is 4.46. The quantitative estimate of drug-likeness (QED) is 0.732. The van der Waals surface area contributed by atoms with Crippen LogP contribution in [0, 0.1) is 0 Å².